The molecule has 2 aromatic carbocycles. The minimum Gasteiger partial charge on any atom is -0.356 e. The molecule has 0 unspecified atom stereocenters. The number of hydrogen-bond donors (Lipinski definition) is 3. The molecule has 0 aromatic heterocycles. The highest BCUT2D eigenvalue weighted by atomic mass is 127. The number of nitrogens with one attached hydrogen (secondary N) is 3. The number of hydrogen-bond acceptors (Lipinski definition) is 2. The number of carbonyl (C=O) groups is 1. The average Bonchev–Trinajstić information content (AvgIpc) is 2.66. The summed E-state index contributed by atoms with van der Waals surface area (Å²) in [6.45, 7) is 2.94. The Morgan fingerprint density at radius 2 is 1.76 bits per heavy atom. The van der Waals surface area contributed by atoms with Crippen LogP contribution in [-0.2, 0) is 17.6 Å². The Morgan fingerprint density at radius 3 is 2.38 bits per heavy atom. The van der Waals surface area contributed by atoms with Crippen molar-refractivity contribution >= 4 is 57.5 Å². The highest BCUT2D eigenvalue weighted by Gasteiger charge is 2.03. The molecule has 0 aliphatic rings. The second-order valence-electron chi connectivity index (χ2n) is 6.39. The van der Waals surface area contributed by atoms with E-state index in [0.29, 0.717) is 13.0 Å². The van der Waals surface area contributed by atoms with Crippen LogP contribution >= 0.6 is 39.9 Å². The molecule has 5 nitrogen and oxygen atoms in total. The maximum absolute atomic E-state index is 13.8. The third-order valence-electron chi connectivity index (χ3n) is 4.13. The van der Waals surface area contributed by atoms with E-state index in [0.717, 1.165) is 41.1 Å². The molecule has 29 heavy (non-hydrogen) atoms. The summed E-state index contributed by atoms with van der Waals surface area (Å²) in [4.78, 5) is 15.2. The van der Waals surface area contributed by atoms with E-state index in [-0.39, 0.29) is 35.7 Å². The quantitative estimate of drug-likeness (QED) is 0.188. The van der Waals surface area contributed by atoms with Gasteiger partial charge in [-0.3, -0.25) is 9.79 Å². The van der Waals surface area contributed by atoms with Crippen LogP contribution in [0.1, 0.15) is 24.5 Å². The van der Waals surface area contributed by atoms with Gasteiger partial charge in [-0.25, -0.2) is 4.39 Å². The van der Waals surface area contributed by atoms with Gasteiger partial charge in [0.2, 0.25) is 5.91 Å². The zero-order valence-electron chi connectivity index (χ0n) is 16.6. The second-order valence-corrected chi connectivity index (χ2v) is 7.31. The Balaban J connectivity index is 0.00000420. The lowest BCUT2D eigenvalue weighted by molar-refractivity contribution is -0.114. The van der Waals surface area contributed by atoms with Crippen LogP contribution in [0.5, 0.6) is 0 Å². The van der Waals surface area contributed by atoms with E-state index in [2.05, 4.69) is 36.9 Å². The Kier molecular flexibility index (Phi) is 11.8. The van der Waals surface area contributed by atoms with E-state index in [9.17, 15) is 9.18 Å². The van der Waals surface area contributed by atoms with E-state index in [1.54, 1.807) is 7.05 Å². The molecule has 8 heteroatoms. The monoisotopic (exact) mass is 576 g/mol. The Bertz CT molecular complexity index is 815. The first-order valence-electron chi connectivity index (χ1n) is 9.23. The molecule has 1 amide bonds. The molecule has 0 atom stereocenters. The predicted octanol–water partition coefficient (Wildman–Crippen LogP) is 4.50. The van der Waals surface area contributed by atoms with E-state index in [1.165, 1.54) is 18.6 Å². The molecular weight excluding hydrogens is 550 g/mol. The molecule has 158 valence electrons. The molecule has 2 rings (SSSR count). The first kappa shape index (κ1) is 25.4. The highest BCUT2D eigenvalue weighted by Crippen LogP contribution is 2.16. The minimum absolute atomic E-state index is 0. The number of anilines is 1. The van der Waals surface area contributed by atoms with Crippen LogP contribution in [0.2, 0.25) is 0 Å². The van der Waals surface area contributed by atoms with Crippen molar-refractivity contribution in [2.45, 2.75) is 26.2 Å². The second kappa shape index (κ2) is 13.5. The molecule has 0 saturated carbocycles. The SMILES string of the molecule is CN=C(NCCCc1ccc(Br)cc1F)NCCc1ccc(NC(C)=O)cc1.I. The van der Waals surface area contributed by atoms with E-state index < -0.39 is 0 Å². The standard InChI is InChI=1S/C21H26BrFN4O.HI/c1-15(28)27-19-9-5-16(6-10-19)11-13-26-21(24-2)25-12-3-4-17-7-8-18(22)14-20(17)23;/h5-10,14H,3-4,11-13H2,1-2H3,(H,27,28)(H2,24,25,26);1H. The number of aryl methyl sites for hydroxylation is 1. The molecule has 0 aliphatic heterocycles. The van der Waals surface area contributed by atoms with Crippen LogP contribution in [0.3, 0.4) is 0 Å². The van der Waals surface area contributed by atoms with Crippen molar-refractivity contribution in [2.75, 3.05) is 25.5 Å². The van der Waals surface area contributed by atoms with E-state index in [4.69, 9.17) is 0 Å². The van der Waals surface area contributed by atoms with Crippen LogP contribution in [0.4, 0.5) is 10.1 Å². The largest absolute Gasteiger partial charge is 0.356 e. The third kappa shape index (κ3) is 9.58. The number of nitrogens with zero attached hydrogens (tertiary/aromatic N) is 1. The number of amides is 1. The number of benzene rings is 2. The Labute approximate surface area is 197 Å². The molecule has 0 spiro atoms. The molecule has 0 saturated heterocycles. The highest BCUT2D eigenvalue weighted by molar-refractivity contribution is 14.0. The molecule has 0 bridgehead atoms. The van der Waals surface area contributed by atoms with Crippen LogP contribution in [0.15, 0.2) is 51.9 Å². The first-order valence-corrected chi connectivity index (χ1v) is 10.0. The predicted molar refractivity (Wildman–Crippen MR) is 132 cm³/mol. The van der Waals surface area contributed by atoms with Gasteiger partial charge in [0.15, 0.2) is 5.96 Å². The Morgan fingerprint density at radius 1 is 1.07 bits per heavy atom. The van der Waals surface area contributed by atoms with Gasteiger partial charge in [0.1, 0.15) is 5.82 Å². The summed E-state index contributed by atoms with van der Waals surface area (Å²) in [6, 6.07) is 12.9. The maximum Gasteiger partial charge on any atom is 0.221 e. The summed E-state index contributed by atoms with van der Waals surface area (Å²) in [5, 5.41) is 9.27. The fourth-order valence-electron chi connectivity index (χ4n) is 2.71. The molecule has 3 N–H and O–H groups in total. The van der Waals surface area contributed by atoms with Gasteiger partial charge in [0.05, 0.1) is 0 Å². The van der Waals surface area contributed by atoms with Crippen molar-refractivity contribution in [1.29, 1.82) is 0 Å². The van der Waals surface area contributed by atoms with Gasteiger partial charge in [-0.05, 0) is 54.7 Å². The first-order chi connectivity index (χ1) is 13.5. The Hall–Kier alpha value is -1.68. The van der Waals surface area contributed by atoms with Crippen molar-refractivity contribution in [2.24, 2.45) is 4.99 Å². The fourth-order valence-corrected chi connectivity index (χ4v) is 3.05. The molecular formula is C21H27BrFIN4O. The van der Waals surface area contributed by atoms with Crippen LogP contribution in [0, 0.1) is 5.82 Å². The lowest BCUT2D eigenvalue weighted by Gasteiger charge is -2.12. The number of guanidine groups is 1. The summed E-state index contributed by atoms with van der Waals surface area (Å²) < 4.78 is 14.6. The summed E-state index contributed by atoms with van der Waals surface area (Å²) in [5.41, 5.74) is 2.68. The minimum atomic E-state index is -0.179. The average molecular weight is 577 g/mol. The molecule has 0 radical (unpaired) electrons. The zero-order valence-corrected chi connectivity index (χ0v) is 20.5. The van der Waals surface area contributed by atoms with E-state index >= 15 is 0 Å². The molecule has 0 aliphatic carbocycles. The summed E-state index contributed by atoms with van der Waals surface area (Å²) in [6.07, 6.45) is 2.32. The summed E-state index contributed by atoms with van der Waals surface area (Å²) >= 11 is 3.27. The third-order valence-corrected chi connectivity index (χ3v) is 4.63. The van der Waals surface area contributed by atoms with Gasteiger partial charge in [0, 0.05) is 37.2 Å². The zero-order chi connectivity index (χ0) is 20.4. The van der Waals surface area contributed by atoms with Gasteiger partial charge in [-0.1, -0.05) is 34.1 Å². The van der Waals surface area contributed by atoms with Crippen LogP contribution < -0.4 is 16.0 Å². The van der Waals surface area contributed by atoms with Crippen molar-refractivity contribution in [3.8, 4) is 0 Å². The molecule has 0 fully saturated rings. The molecule has 0 heterocycles. The normalized spacial score (nSPS) is 10.8. The van der Waals surface area contributed by atoms with Gasteiger partial charge in [-0.15, -0.1) is 24.0 Å². The van der Waals surface area contributed by atoms with Crippen molar-refractivity contribution in [3.05, 3.63) is 63.9 Å². The lowest BCUT2D eigenvalue weighted by Crippen LogP contribution is -2.38. The maximum atomic E-state index is 13.8. The number of aliphatic imine (C=N–C) groups is 1. The topological polar surface area (TPSA) is 65.5 Å². The van der Waals surface area contributed by atoms with Crippen molar-refractivity contribution in [3.63, 3.8) is 0 Å². The molecule has 2 aromatic rings. The van der Waals surface area contributed by atoms with Crippen LogP contribution in [-0.4, -0.2) is 32.0 Å². The van der Waals surface area contributed by atoms with Gasteiger partial charge < -0.3 is 16.0 Å². The summed E-state index contributed by atoms with van der Waals surface area (Å²) in [7, 11) is 1.73. The van der Waals surface area contributed by atoms with Gasteiger partial charge >= 0.3 is 0 Å². The van der Waals surface area contributed by atoms with Gasteiger partial charge in [-0.2, -0.15) is 0 Å². The fraction of sp³-hybridized carbons (Fsp3) is 0.333. The van der Waals surface area contributed by atoms with Crippen LogP contribution in [0.25, 0.3) is 0 Å². The van der Waals surface area contributed by atoms with Crippen molar-refractivity contribution in [1.82, 2.24) is 10.6 Å². The van der Waals surface area contributed by atoms with E-state index in [1.807, 2.05) is 36.4 Å². The smallest absolute Gasteiger partial charge is 0.221 e. The van der Waals surface area contributed by atoms with Gasteiger partial charge in [0.25, 0.3) is 0 Å². The number of rotatable bonds is 8. The number of halogens is 3. The van der Waals surface area contributed by atoms with Crippen molar-refractivity contribution < 1.29 is 9.18 Å². The number of carbonyl (C=O) groups excluding carboxylic acids is 1. The lowest BCUT2D eigenvalue weighted by atomic mass is 10.1. The summed E-state index contributed by atoms with van der Waals surface area (Å²) in [5.74, 6) is 0.472.